The molecule has 0 aliphatic carbocycles. The molecular weight excluding hydrogens is 326 g/mol. The number of aryl methyl sites for hydroxylation is 1. The van der Waals surface area contributed by atoms with Crippen molar-refractivity contribution < 1.29 is 0 Å². The molecule has 0 amide bonds. The quantitative estimate of drug-likeness (QED) is 0.823. The third kappa shape index (κ3) is 3.95. The van der Waals surface area contributed by atoms with E-state index in [9.17, 15) is 0 Å². The van der Waals surface area contributed by atoms with E-state index in [1.807, 2.05) is 31.2 Å². The molecule has 2 aromatic rings. The number of para-hydroxylation sites is 1. The zero-order valence-corrected chi connectivity index (χ0v) is 14.7. The topological polar surface area (TPSA) is 18.5 Å². The third-order valence-electron chi connectivity index (χ3n) is 4.05. The second-order valence-electron chi connectivity index (χ2n) is 5.72. The lowest BCUT2D eigenvalue weighted by Gasteiger charge is -2.37. The molecule has 5 heteroatoms. The van der Waals surface area contributed by atoms with Crippen molar-refractivity contribution in [3.8, 4) is 0 Å². The molecule has 0 radical (unpaired) electrons. The summed E-state index contributed by atoms with van der Waals surface area (Å²) in [4.78, 5) is 4.59. The fourth-order valence-electron chi connectivity index (χ4n) is 2.72. The van der Waals surface area contributed by atoms with Gasteiger partial charge >= 0.3 is 0 Å². The van der Waals surface area contributed by atoms with Gasteiger partial charge in [-0.05, 0) is 49.0 Å². The van der Waals surface area contributed by atoms with Gasteiger partial charge in [0.1, 0.15) is 0 Å². The van der Waals surface area contributed by atoms with Crippen molar-refractivity contribution in [1.29, 1.82) is 0 Å². The van der Waals surface area contributed by atoms with Gasteiger partial charge in [0.2, 0.25) is 0 Å². The SMILES string of the molecule is Cc1ccc(NC(=S)N2CCN(c3ccccc3)CC2)c(Cl)c1. The molecular formula is C18H20ClN3S. The van der Waals surface area contributed by atoms with Crippen LogP contribution >= 0.6 is 23.8 Å². The number of rotatable bonds is 2. The van der Waals surface area contributed by atoms with E-state index in [1.165, 1.54) is 5.69 Å². The van der Waals surface area contributed by atoms with Gasteiger partial charge in [0.25, 0.3) is 0 Å². The standard InChI is InChI=1S/C18H20ClN3S/c1-14-7-8-17(16(19)13-14)20-18(23)22-11-9-21(10-12-22)15-5-3-2-4-6-15/h2-8,13H,9-12H2,1H3,(H,20,23). The fraction of sp³-hybridized carbons (Fsp3) is 0.278. The highest BCUT2D eigenvalue weighted by molar-refractivity contribution is 7.80. The van der Waals surface area contributed by atoms with Crippen LogP contribution in [-0.2, 0) is 0 Å². The van der Waals surface area contributed by atoms with Gasteiger partial charge < -0.3 is 15.1 Å². The number of piperazine rings is 1. The van der Waals surface area contributed by atoms with Gasteiger partial charge in [-0.2, -0.15) is 0 Å². The largest absolute Gasteiger partial charge is 0.368 e. The van der Waals surface area contributed by atoms with Crippen LogP contribution < -0.4 is 10.2 Å². The highest BCUT2D eigenvalue weighted by atomic mass is 35.5. The summed E-state index contributed by atoms with van der Waals surface area (Å²) in [5, 5.41) is 4.71. The number of nitrogens with zero attached hydrogens (tertiary/aromatic N) is 2. The fourth-order valence-corrected chi connectivity index (χ4v) is 3.30. The molecule has 120 valence electrons. The molecule has 0 spiro atoms. The van der Waals surface area contributed by atoms with Crippen molar-refractivity contribution in [1.82, 2.24) is 4.90 Å². The first-order valence-corrected chi connectivity index (χ1v) is 8.54. The zero-order chi connectivity index (χ0) is 16.2. The van der Waals surface area contributed by atoms with E-state index in [2.05, 4.69) is 39.4 Å². The number of nitrogens with one attached hydrogen (secondary N) is 1. The van der Waals surface area contributed by atoms with Gasteiger partial charge in [-0.25, -0.2) is 0 Å². The Hall–Kier alpha value is -1.78. The highest BCUT2D eigenvalue weighted by Gasteiger charge is 2.19. The first-order valence-electron chi connectivity index (χ1n) is 7.75. The van der Waals surface area contributed by atoms with Crippen LogP contribution in [0, 0.1) is 6.92 Å². The minimum absolute atomic E-state index is 0.704. The summed E-state index contributed by atoms with van der Waals surface area (Å²) in [6.07, 6.45) is 0. The van der Waals surface area contributed by atoms with Crippen LogP contribution in [0.4, 0.5) is 11.4 Å². The van der Waals surface area contributed by atoms with Gasteiger partial charge in [0.15, 0.2) is 5.11 Å². The maximum atomic E-state index is 6.27. The molecule has 23 heavy (non-hydrogen) atoms. The van der Waals surface area contributed by atoms with Crippen LogP contribution in [0.3, 0.4) is 0 Å². The summed E-state index contributed by atoms with van der Waals surface area (Å²) in [5.74, 6) is 0. The first-order chi connectivity index (χ1) is 11.1. The minimum atomic E-state index is 0.704. The highest BCUT2D eigenvalue weighted by Crippen LogP contribution is 2.23. The number of halogens is 1. The van der Waals surface area contributed by atoms with Gasteiger partial charge in [-0.3, -0.25) is 0 Å². The van der Waals surface area contributed by atoms with E-state index in [0.29, 0.717) is 5.02 Å². The molecule has 0 bridgehead atoms. The lowest BCUT2D eigenvalue weighted by Crippen LogP contribution is -2.50. The Bertz CT molecular complexity index is 682. The monoisotopic (exact) mass is 345 g/mol. The molecule has 1 heterocycles. The Morgan fingerprint density at radius 1 is 1.04 bits per heavy atom. The predicted molar refractivity (Wildman–Crippen MR) is 103 cm³/mol. The number of benzene rings is 2. The molecule has 3 rings (SSSR count). The van der Waals surface area contributed by atoms with Gasteiger partial charge in [0, 0.05) is 31.9 Å². The molecule has 3 nitrogen and oxygen atoms in total. The summed E-state index contributed by atoms with van der Waals surface area (Å²) >= 11 is 11.8. The van der Waals surface area contributed by atoms with Gasteiger partial charge in [0.05, 0.1) is 10.7 Å². The Morgan fingerprint density at radius 3 is 2.39 bits per heavy atom. The lowest BCUT2D eigenvalue weighted by molar-refractivity contribution is 0.391. The Labute approximate surface area is 147 Å². The Balaban J connectivity index is 1.58. The molecule has 0 unspecified atom stereocenters. The van der Waals surface area contributed by atoms with Crippen molar-refractivity contribution in [3.05, 3.63) is 59.1 Å². The van der Waals surface area contributed by atoms with Gasteiger partial charge in [-0.1, -0.05) is 35.9 Å². The number of hydrogen-bond donors (Lipinski definition) is 1. The van der Waals surface area contributed by atoms with E-state index in [-0.39, 0.29) is 0 Å². The Morgan fingerprint density at radius 2 is 1.74 bits per heavy atom. The first kappa shape index (κ1) is 16.1. The van der Waals surface area contributed by atoms with E-state index in [0.717, 1.165) is 42.5 Å². The normalized spacial score (nSPS) is 14.7. The number of hydrogen-bond acceptors (Lipinski definition) is 2. The number of anilines is 2. The summed E-state index contributed by atoms with van der Waals surface area (Å²) in [5.41, 5.74) is 3.28. The second kappa shape index (κ2) is 7.20. The summed E-state index contributed by atoms with van der Waals surface area (Å²) < 4.78 is 0. The van der Waals surface area contributed by atoms with E-state index >= 15 is 0 Å². The van der Waals surface area contributed by atoms with E-state index in [4.69, 9.17) is 23.8 Å². The molecule has 0 saturated carbocycles. The van der Waals surface area contributed by atoms with Gasteiger partial charge in [-0.15, -0.1) is 0 Å². The average molecular weight is 346 g/mol. The molecule has 1 N–H and O–H groups in total. The molecule has 1 aliphatic rings. The van der Waals surface area contributed by atoms with Crippen LogP contribution in [0.1, 0.15) is 5.56 Å². The lowest BCUT2D eigenvalue weighted by atomic mass is 10.2. The summed E-state index contributed by atoms with van der Waals surface area (Å²) in [6, 6.07) is 16.5. The molecule has 2 aromatic carbocycles. The van der Waals surface area contributed by atoms with Crippen molar-refractivity contribution in [2.45, 2.75) is 6.92 Å². The molecule has 1 fully saturated rings. The second-order valence-corrected chi connectivity index (χ2v) is 6.52. The van der Waals surface area contributed by atoms with E-state index < -0.39 is 0 Å². The van der Waals surface area contributed by atoms with Crippen LogP contribution in [0.25, 0.3) is 0 Å². The zero-order valence-electron chi connectivity index (χ0n) is 13.1. The maximum absolute atomic E-state index is 6.27. The van der Waals surface area contributed by atoms with Crippen molar-refractivity contribution >= 4 is 40.3 Å². The molecule has 1 saturated heterocycles. The van der Waals surface area contributed by atoms with Crippen molar-refractivity contribution in [3.63, 3.8) is 0 Å². The number of thiocarbonyl (C=S) groups is 1. The van der Waals surface area contributed by atoms with Crippen LogP contribution in [-0.4, -0.2) is 36.2 Å². The van der Waals surface area contributed by atoms with Crippen molar-refractivity contribution in [2.24, 2.45) is 0 Å². The summed E-state index contributed by atoms with van der Waals surface area (Å²) in [7, 11) is 0. The smallest absolute Gasteiger partial charge is 0.173 e. The molecule has 0 atom stereocenters. The van der Waals surface area contributed by atoms with Crippen LogP contribution in [0.15, 0.2) is 48.5 Å². The molecule has 0 aromatic heterocycles. The minimum Gasteiger partial charge on any atom is -0.368 e. The summed E-state index contributed by atoms with van der Waals surface area (Å²) in [6.45, 7) is 5.77. The predicted octanol–water partition coefficient (Wildman–Crippen LogP) is 4.17. The van der Waals surface area contributed by atoms with E-state index in [1.54, 1.807) is 0 Å². The Kier molecular flexibility index (Phi) is 5.03. The van der Waals surface area contributed by atoms with Crippen LogP contribution in [0.2, 0.25) is 5.02 Å². The molecule has 1 aliphatic heterocycles. The van der Waals surface area contributed by atoms with Crippen molar-refractivity contribution in [2.75, 3.05) is 36.4 Å². The maximum Gasteiger partial charge on any atom is 0.173 e. The average Bonchev–Trinajstić information content (AvgIpc) is 2.58. The third-order valence-corrected chi connectivity index (χ3v) is 4.73. The van der Waals surface area contributed by atoms with Crippen LogP contribution in [0.5, 0.6) is 0 Å².